The Morgan fingerprint density at radius 1 is 1.16 bits per heavy atom. The van der Waals surface area contributed by atoms with Gasteiger partial charge in [0.25, 0.3) is 0 Å². The van der Waals surface area contributed by atoms with Gasteiger partial charge in [-0.05, 0) is 49.4 Å². The van der Waals surface area contributed by atoms with Crippen LogP contribution in [0.3, 0.4) is 0 Å². The van der Waals surface area contributed by atoms with Crippen LogP contribution >= 0.6 is 12.4 Å². The smallest absolute Gasteiger partial charge is 0.240 e. The molecule has 0 saturated heterocycles. The van der Waals surface area contributed by atoms with Gasteiger partial charge in [0.05, 0.1) is 19.3 Å². The largest absolute Gasteiger partial charge is 0.490 e. The first-order valence-corrected chi connectivity index (χ1v) is 8.97. The van der Waals surface area contributed by atoms with E-state index in [9.17, 15) is 4.79 Å². The van der Waals surface area contributed by atoms with Crippen LogP contribution in [0.15, 0.2) is 12.1 Å². The number of carbonyl (C=O) groups excluding carboxylic acids is 1. The molecule has 1 aromatic carbocycles. The number of halogens is 1. The highest BCUT2D eigenvalue weighted by Gasteiger charge is 2.28. The van der Waals surface area contributed by atoms with E-state index in [1.165, 1.54) is 5.56 Å². The van der Waals surface area contributed by atoms with Crippen molar-refractivity contribution in [1.82, 2.24) is 4.90 Å². The highest BCUT2D eigenvalue weighted by molar-refractivity contribution is 5.85. The zero-order valence-electron chi connectivity index (χ0n) is 15.7. The first-order chi connectivity index (χ1) is 11.5. The van der Waals surface area contributed by atoms with Gasteiger partial charge in [-0.25, -0.2) is 0 Å². The van der Waals surface area contributed by atoms with Crippen molar-refractivity contribution >= 4 is 18.3 Å². The van der Waals surface area contributed by atoms with E-state index in [0.717, 1.165) is 29.9 Å². The molecule has 6 heteroatoms. The van der Waals surface area contributed by atoms with Gasteiger partial charge in [0.1, 0.15) is 0 Å². The second-order valence-corrected chi connectivity index (χ2v) is 6.35. The molecule has 142 valence electrons. The topological polar surface area (TPSA) is 64.8 Å². The molecule has 2 atom stereocenters. The first-order valence-electron chi connectivity index (χ1n) is 8.97. The van der Waals surface area contributed by atoms with Crippen LogP contribution in [0.5, 0.6) is 11.5 Å². The maximum absolute atomic E-state index is 12.6. The number of carbonyl (C=O) groups is 1. The Labute approximate surface area is 157 Å². The number of nitrogens with two attached hydrogens (primary N) is 1. The van der Waals surface area contributed by atoms with Gasteiger partial charge in [0.15, 0.2) is 11.5 Å². The van der Waals surface area contributed by atoms with Crippen molar-refractivity contribution < 1.29 is 14.3 Å². The number of amides is 1. The Kier molecular flexibility index (Phi) is 8.53. The van der Waals surface area contributed by atoms with Gasteiger partial charge in [-0.15, -0.1) is 12.4 Å². The molecule has 0 spiro atoms. The zero-order chi connectivity index (χ0) is 17.7. The minimum absolute atomic E-state index is 0. The third kappa shape index (κ3) is 5.02. The van der Waals surface area contributed by atoms with Crippen LogP contribution in [0.25, 0.3) is 0 Å². The zero-order valence-corrected chi connectivity index (χ0v) is 16.5. The van der Waals surface area contributed by atoms with E-state index in [1.54, 1.807) is 0 Å². The lowest BCUT2D eigenvalue weighted by atomic mass is 9.95. The molecule has 1 aliphatic heterocycles. The number of hydrogen-bond donors (Lipinski definition) is 1. The molecule has 0 aliphatic carbocycles. The Hall–Kier alpha value is -1.46. The standard InChI is InChI=1S/C19H30N2O3.ClH/c1-5-13(4)18(20)19(22)21-9-8-14-10-16(23-6-2)17(24-7-3)11-15(14)12-21;/h10-11,13,18H,5-9,12,20H2,1-4H3;1H. The number of benzene rings is 1. The van der Waals surface area contributed by atoms with Crippen molar-refractivity contribution in [2.75, 3.05) is 19.8 Å². The summed E-state index contributed by atoms with van der Waals surface area (Å²) in [6.07, 6.45) is 1.73. The van der Waals surface area contributed by atoms with Crippen LogP contribution < -0.4 is 15.2 Å². The van der Waals surface area contributed by atoms with Gasteiger partial charge in [-0.1, -0.05) is 20.3 Å². The van der Waals surface area contributed by atoms with Crippen molar-refractivity contribution in [3.05, 3.63) is 23.3 Å². The Balaban J connectivity index is 0.00000312. The number of ether oxygens (including phenoxy) is 2. The molecule has 2 unspecified atom stereocenters. The van der Waals surface area contributed by atoms with E-state index in [4.69, 9.17) is 15.2 Å². The fourth-order valence-corrected chi connectivity index (χ4v) is 3.00. The maximum Gasteiger partial charge on any atom is 0.240 e. The molecule has 0 radical (unpaired) electrons. The monoisotopic (exact) mass is 370 g/mol. The summed E-state index contributed by atoms with van der Waals surface area (Å²) in [5, 5.41) is 0. The summed E-state index contributed by atoms with van der Waals surface area (Å²) in [7, 11) is 0. The van der Waals surface area contributed by atoms with Crippen molar-refractivity contribution in [2.24, 2.45) is 11.7 Å². The number of rotatable bonds is 7. The lowest BCUT2D eigenvalue weighted by Gasteiger charge is -2.32. The summed E-state index contributed by atoms with van der Waals surface area (Å²) >= 11 is 0. The van der Waals surface area contributed by atoms with E-state index in [-0.39, 0.29) is 24.2 Å². The molecular formula is C19H31ClN2O3. The normalized spacial score (nSPS) is 15.6. The van der Waals surface area contributed by atoms with Crippen molar-refractivity contribution in [3.8, 4) is 11.5 Å². The van der Waals surface area contributed by atoms with Gasteiger partial charge in [-0.3, -0.25) is 4.79 Å². The summed E-state index contributed by atoms with van der Waals surface area (Å²) < 4.78 is 11.4. The fraction of sp³-hybridized carbons (Fsp3) is 0.632. The Morgan fingerprint density at radius 2 is 1.72 bits per heavy atom. The summed E-state index contributed by atoms with van der Waals surface area (Å²) in [5.74, 6) is 1.77. The molecule has 1 amide bonds. The lowest BCUT2D eigenvalue weighted by Crippen LogP contribution is -2.48. The van der Waals surface area contributed by atoms with Crippen LogP contribution in [-0.4, -0.2) is 36.6 Å². The summed E-state index contributed by atoms with van der Waals surface area (Å²) in [6.45, 7) is 10.5. The minimum Gasteiger partial charge on any atom is -0.490 e. The van der Waals surface area contributed by atoms with Crippen molar-refractivity contribution in [2.45, 2.75) is 53.1 Å². The Bertz CT molecular complexity index is 580. The number of nitrogens with zero attached hydrogens (tertiary/aromatic N) is 1. The molecule has 0 fully saturated rings. The van der Waals surface area contributed by atoms with Crippen LogP contribution in [0, 0.1) is 5.92 Å². The van der Waals surface area contributed by atoms with E-state index in [0.29, 0.717) is 26.3 Å². The average Bonchev–Trinajstić information content (AvgIpc) is 2.60. The van der Waals surface area contributed by atoms with E-state index < -0.39 is 6.04 Å². The number of fused-ring (bicyclic) bond motifs is 1. The molecule has 1 aliphatic rings. The molecule has 0 saturated carbocycles. The maximum atomic E-state index is 12.6. The van der Waals surface area contributed by atoms with E-state index in [2.05, 4.69) is 13.0 Å². The third-order valence-electron chi connectivity index (χ3n) is 4.73. The molecule has 2 rings (SSSR count). The Morgan fingerprint density at radius 3 is 2.24 bits per heavy atom. The summed E-state index contributed by atoms with van der Waals surface area (Å²) in [6, 6.07) is 3.64. The SMILES string of the molecule is CCOc1cc2c(cc1OCC)CN(C(=O)C(N)C(C)CC)CC2.Cl. The molecule has 25 heavy (non-hydrogen) atoms. The highest BCUT2D eigenvalue weighted by atomic mass is 35.5. The predicted octanol–water partition coefficient (Wildman–Crippen LogP) is 3.16. The van der Waals surface area contributed by atoms with E-state index in [1.807, 2.05) is 31.7 Å². The molecule has 0 aromatic heterocycles. The van der Waals surface area contributed by atoms with Gasteiger partial charge < -0.3 is 20.1 Å². The fourth-order valence-electron chi connectivity index (χ4n) is 3.00. The van der Waals surface area contributed by atoms with E-state index >= 15 is 0 Å². The number of hydrogen-bond acceptors (Lipinski definition) is 4. The molecule has 1 heterocycles. The first kappa shape index (κ1) is 21.6. The predicted molar refractivity (Wildman–Crippen MR) is 103 cm³/mol. The minimum atomic E-state index is -0.425. The van der Waals surface area contributed by atoms with Gasteiger partial charge in [0.2, 0.25) is 5.91 Å². The van der Waals surface area contributed by atoms with Crippen LogP contribution in [0.4, 0.5) is 0 Å². The molecule has 0 bridgehead atoms. The molecule has 5 nitrogen and oxygen atoms in total. The van der Waals surface area contributed by atoms with Crippen molar-refractivity contribution in [1.29, 1.82) is 0 Å². The average molecular weight is 371 g/mol. The van der Waals surface area contributed by atoms with Crippen LogP contribution in [0.2, 0.25) is 0 Å². The molecule has 1 aromatic rings. The van der Waals surface area contributed by atoms with Gasteiger partial charge in [0, 0.05) is 13.1 Å². The summed E-state index contributed by atoms with van der Waals surface area (Å²) in [4.78, 5) is 14.5. The highest BCUT2D eigenvalue weighted by Crippen LogP contribution is 2.34. The second-order valence-electron chi connectivity index (χ2n) is 6.35. The second kappa shape index (κ2) is 9.88. The molecule has 2 N–H and O–H groups in total. The third-order valence-corrected chi connectivity index (χ3v) is 4.73. The quantitative estimate of drug-likeness (QED) is 0.800. The summed E-state index contributed by atoms with van der Waals surface area (Å²) in [5.41, 5.74) is 8.48. The molecular weight excluding hydrogens is 340 g/mol. The van der Waals surface area contributed by atoms with Crippen LogP contribution in [-0.2, 0) is 17.8 Å². The van der Waals surface area contributed by atoms with Gasteiger partial charge >= 0.3 is 0 Å². The van der Waals surface area contributed by atoms with Crippen molar-refractivity contribution in [3.63, 3.8) is 0 Å². The van der Waals surface area contributed by atoms with Crippen LogP contribution in [0.1, 0.15) is 45.2 Å². The van der Waals surface area contributed by atoms with Gasteiger partial charge in [-0.2, -0.15) is 0 Å². The lowest BCUT2D eigenvalue weighted by molar-refractivity contribution is -0.134.